The molecular weight excluding hydrogens is 328 g/mol. The van der Waals surface area contributed by atoms with E-state index in [0.29, 0.717) is 13.1 Å². The van der Waals surface area contributed by atoms with Crippen molar-refractivity contribution >= 4 is 17.5 Å². The number of ether oxygens (including phenoxy) is 1. The second kappa shape index (κ2) is 8.04. The number of hydrogen-bond acceptors (Lipinski definition) is 3. The molecule has 2 amide bonds. The number of aryl methyl sites for hydroxylation is 1. The summed E-state index contributed by atoms with van der Waals surface area (Å²) in [5.41, 5.74) is 3.07. The van der Waals surface area contributed by atoms with Crippen LogP contribution >= 0.6 is 0 Å². The van der Waals surface area contributed by atoms with E-state index in [-0.39, 0.29) is 24.2 Å². The van der Waals surface area contributed by atoms with Gasteiger partial charge < -0.3 is 15.0 Å². The van der Waals surface area contributed by atoms with E-state index in [4.69, 9.17) is 4.74 Å². The maximum atomic E-state index is 12.4. The van der Waals surface area contributed by atoms with Crippen molar-refractivity contribution in [2.45, 2.75) is 19.8 Å². The smallest absolute Gasteiger partial charge is 0.227 e. The number of methoxy groups -OCH3 is 1. The van der Waals surface area contributed by atoms with Gasteiger partial charge in [0, 0.05) is 25.2 Å². The number of carbonyl (C=O) groups is 2. The minimum Gasteiger partial charge on any atom is -0.497 e. The van der Waals surface area contributed by atoms with Gasteiger partial charge in [-0.3, -0.25) is 9.59 Å². The average molecular weight is 352 g/mol. The highest BCUT2D eigenvalue weighted by Crippen LogP contribution is 2.25. The fraction of sp³-hybridized carbons (Fsp3) is 0.333. The molecular formula is C21H24N2O3. The maximum Gasteiger partial charge on any atom is 0.227 e. The second-order valence-electron chi connectivity index (χ2n) is 6.64. The van der Waals surface area contributed by atoms with Crippen molar-refractivity contribution in [1.82, 2.24) is 5.32 Å². The summed E-state index contributed by atoms with van der Waals surface area (Å²) in [7, 11) is 1.64. The molecule has 5 heteroatoms. The Morgan fingerprint density at radius 1 is 1.23 bits per heavy atom. The fourth-order valence-electron chi connectivity index (χ4n) is 3.23. The molecule has 1 unspecified atom stereocenters. The number of nitrogens with one attached hydrogen (secondary N) is 1. The Bertz CT molecular complexity index is 803. The topological polar surface area (TPSA) is 58.6 Å². The van der Waals surface area contributed by atoms with E-state index >= 15 is 0 Å². The van der Waals surface area contributed by atoms with Gasteiger partial charge in [-0.1, -0.05) is 24.3 Å². The zero-order valence-corrected chi connectivity index (χ0v) is 15.2. The maximum absolute atomic E-state index is 12.4. The first-order chi connectivity index (χ1) is 12.6. The summed E-state index contributed by atoms with van der Waals surface area (Å²) >= 11 is 0. The van der Waals surface area contributed by atoms with Crippen molar-refractivity contribution in [3.8, 4) is 5.75 Å². The number of rotatable bonds is 6. The van der Waals surface area contributed by atoms with E-state index in [2.05, 4.69) is 5.32 Å². The number of carbonyl (C=O) groups excluding carboxylic acids is 2. The second-order valence-corrected chi connectivity index (χ2v) is 6.64. The molecule has 1 saturated heterocycles. The zero-order chi connectivity index (χ0) is 18.5. The summed E-state index contributed by atoms with van der Waals surface area (Å²) < 4.78 is 5.21. The molecule has 1 N–H and O–H groups in total. The lowest BCUT2D eigenvalue weighted by molar-refractivity contribution is -0.126. The van der Waals surface area contributed by atoms with Crippen LogP contribution in [0.1, 0.15) is 17.5 Å². The van der Waals surface area contributed by atoms with Gasteiger partial charge in [-0.05, 0) is 48.7 Å². The van der Waals surface area contributed by atoms with Crippen LogP contribution in [0.25, 0.3) is 0 Å². The third-order valence-electron chi connectivity index (χ3n) is 4.66. The highest BCUT2D eigenvalue weighted by atomic mass is 16.5. The molecule has 1 fully saturated rings. The molecule has 1 heterocycles. The number of benzene rings is 2. The predicted octanol–water partition coefficient (Wildman–Crippen LogP) is 2.72. The Morgan fingerprint density at radius 2 is 2.04 bits per heavy atom. The van der Waals surface area contributed by atoms with Gasteiger partial charge in [0.05, 0.1) is 13.0 Å². The largest absolute Gasteiger partial charge is 0.497 e. The first-order valence-corrected chi connectivity index (χ1v) is 8.84. The zero-order valence-electron chi connectivity index (χ0n) is 15.2. The number of anilines is 1. The van der Waals surface area contributed by atoms with Crippen molar-refractivity contribution in [3.63, 3.8) is 0 Å². The third kappa shape index (κ3) is 4.23. The van der Waals surface area contributed by atoms with Crippen molar-refractivity contribution in [1.29, 1.82) is 0 Å². The summed E-state index contributed by atoms with van der Waals surface area (Å²) in [6.07, 6.45) is 0.990. The third-order valence-corrected chi connectivity index (χ3v) is 4.66. The molecule has 1 aliphatic rings. The number of amides is 2. The highest BCUT2D eigenvalue weighted by Gasteiger charge is 2.34. The Labute approximate surface area is 154 Å². The lowest BCUT2D eigenvalue weighted by Gasteiger charge is -2.17. The molecule has 0 bridgehead atoms. The molecule has 136 valence electrons. The molecule has 26 heavy (non-hydrogen) atoms. The van der Waals surface area contributed by atoms with Gasteiger partial charge in [0.15, 0.2) is 0 Å². The van der Waals surface area contributed by atoms with E-state index < -0.39 is 0 Å². The SMILES string of the molecule is COc1cccc(CCNC(=O)C2CC(=O)N(c3cccc(C)c3)C2)c1. The molecule has 0 aromatic heterocycles. The van der Waals surface area contributed by atoms with Crippen molar-refractivity contribution in [2.75, 3.05) is 25.1 Å². The lowest BCUT2D eigenvalue weighted by atomic mass is 10.1. The normalized spacial score (nSPS) is 16.6. The van der Waals surface area contributed by atoms with E-state index in [1.54, 1.807) is 12.0 Å². The van der Waals surface area contributed by atoms with Gasteiger partial charge in [0.2, 0.25) is 11.8 Å². The molecule has 0 saturated carbocycles. The number of nitrogens with zero attached hydrogens (tertiary/aromatic N) is 1. The van der Waals surface area contributed by atoms with E-state index in [9.17, 15) is 9.59 Å². The summed E-state index contributed by atoms with van der Waals surface area (Å²) in [5.74, 6) is 0.456. The predicted molar refractivity (Wildman–Crippen MR) is 101 cm³/mol. The van der Waals surface area contributed by atoms with Crippen LogP contribution in [0.15, 0.2) is 48.5 Å². The van der Waals surface area contributed by atoms with Gasteiger partial charge in [-0.2, -0.15) is 0 Å². The standard InChI is InChI=1S/C21H24N2O3/c1-15-5-3-7-18(11-15)23-14-17(13-20(23)24)21(25)22-10-9-16-6-4-8-19(12-16)26-2/h3-8,11-12,17H,9-10,13-14H2,1-2H3,(H,22,25). The first kappa shape index (κ1) is 18.0. The lowest BCUT2D eigenvalue weighted by Crippen LogP contribution is -2.34. The molecule has 3 rings (SSSR count). The van der Waals surface area contributed by atoms with Crippen LogP contribution in [0.4, 0.5) is 5.69 Å². The summed E-state index contributed by atoms with van der Waals surface area (Å²) in [4.78, 5) is 26.4. The monoisotopic (exact) mass is 352 g/mol. The molecule has 0 radical (unpaired) electrons. The Kier molecular flexibility index (Phi) is 5.56. The molecule has 2 aromatic rings. The van der Waals surface area contributed by atoms with E-state index in [1.807, 2.05) is 55.5 Å². The van der Waals surface area contributed by atoms with Gasteiger partial charge >= 0.3 is 0 Å². The van der Waals surface area contributed by atoms with Crippen molar-refractivity contribution in [3.05, 3.63) is 59.7 Å². The summed E-state index contributed by atoms with van der Waals surface area (Å²) in [6.45, 7) is 2.97. The van der Waals surface area contributed by atoms with E-state index in [0.717, 1.165) is 29.0 Å². The van der Waals surface area contributed by atoms with Crippen molar-refractivity contribution in [2.24, 2.45) is 5.92 Å². The van der Waals surface area contributed by atoms with E-state index in [1.165, 1.54) is 0 Å². The van der Waals surface area contributed by atoms with Crippen LogP contribution in [-0.4, -0.2) is 32.0 Å². The average Bonchev–Trinajstić information content (AvgIpc) is 3.04. The van der Waals surface area contributed by atoms with Gasteiger partial charge in [-0.15, -0.1) is 0 Å². The minimum absolute atomic E-state index is 0.00328. The van der Waals surface area contributed by atoms with Crippen LogP contribution in [-0.2, 0) is 16.0 Å². The Balaban J connectivity index is 1.53. The minimum atomic E-state index is -0.298. The molecule has 1 atom stereocenters. The molecule has 5 nitrogen and oxygen atoms in total. The van der Waals surface area contributed by atoms with Crippen molar-refractivity contribution < 1.29 is 14.3 Å². The van der Waals surface area contributed by atoms with Gasteiger partial charge in [-0.25, -0.2) is 0 Å². The molecule has 2 aromatic carbocycles. The van der Waals surface area contributed by atoms with Gasteiger partial charge in [0.25, 0.3) is 0 Å². The van der Waals surface area contributed by atoms with Crippen LogP contribution < -0.4 is 15.0 Å². The van der Waals surface area contributed by atoms with Crippen LogP contribution in [0.2, 0.25) is 0 Å². The fourth-order valence-corrected chi connectivity index (χ4v) is 3.23. The first-order valence-electron chi connectivity index (χ1n) is 8.84. The summed E-state index contributed by atoms with van der Waals surface area (Å²) in [6, 6.07) is 15.6. The Hall–Kier alpha value is -2.82. The van der Waals surface area contributed by atoms with Crippen LogP contribution in [0.3, 0.4) is 0 Å². The molecule has 1 aliphatic heterocycles. The highest BCUT2D eigenvalue weighted by molar-refractivity contribution is 6.00. The number of hydrogen-bond donors (Lipinski definition) is 1. The van der Waals surface area contributed by atoms with Crippen LogP contribution in [0, 0.1) is 12.8 Å². The van der Waals surface area contributed by atoms with Gasteiger partial charge in [0.1, 0.15) is 5.75 Å². The summed E-state index contributed by atoms with van der Waals surface area (Å²) in [5, 5.41) is 2.96. The Morgan fingerprint density at radius 3 is 2.81 bits per heavy atom. The molecule has 0 spiro atoms. The molecule has 0 aliphatic carbocycles. The van der Waals surface area contributed by atoms with Crippen LogP contribution in [0.5, 0.6) is 5.75 Å². The quantitative estimate of drug-likeness (QED) is 0.870.